The first-order chi connectivity index (χ1) is 10.9. The first kappa shape index (κ1) is 16.7. The second-order valence-corrected chi connectivity index (χ2v) is 5.62. The Morgan fingerprint density at radius 2 is 1.91 bits per heavy atom. The number of aryl methyl sites for hydroxylation is 3. The summed E-state index contributed by atoms with van der Waals surface area (Å²) in [7, 11) is 0. The number of H-pyrrole nitrogens is 1. The SMILES string of the molecule is Cc1ccc(OCC(C)NC(=O)c2nc(C)c(C)[nH]c2=O)cc1. The Morgan fingerprint density at radius 1 is 1.26 bits per heavy atom. The molecule has 1 aromatic heterocycles. The number of hydrogen-bond donors (Lipinski definition) is 2. The number of carbonyl (C=O) groups excluding carboxylic acids is 1. The van der Waals surface area contributed by atoms with Crippen molar-refractivity contribution in [2.45, 2.75) is 33.7 Å². The van der Waals surface area contributed by atoms with E-state index in [1.807, 2.05) is 31.2 Å². The Labute approximate surface area is 134 Å². The van der Waals surface area contributed by atoms with Crippen molar-refractivity contribution in [2.75, 3.05) is 6.61 Å². The highest BCUT2D eigenvalue weighted by atomic mass is 16.5. The average Bonchev–Trinajstić information content (AvgIpc) is 2.50. The molecule has 1 aromatic carbocycles. The third-order valence-electron chi connectivity index (χ3n) is 3.45. The van der Waals surface area contributed by atoms with Crippen LogP contribution in [-0.2, 0) is 0 Å². The minimum atomic E-state index is -0.505. The molecule has 1 atom stereocenters. The number of benzene rings is 1. The molecule has 122 valence electrons. The molecule has 2 rings (SSSR count). The summed E-state index contributed by atoms with van der Waals surface area (Å²) in [5, 5.41) is 2.72. The summed E-state index contributed by atoms with van der Waals surface area (Å²) in [6, 6.07) is 7.40. The van der Waals surface area contributed by atoms with Crippen molar-refractivity contribution in [3.63, 3.8) is 0 Å². The molecule has 0 radical (unpaired) electrons. The topological polar surface area (TPSA) is 84.1 Å². The normalized spacial score (nSPS) is 11.8. The maximum absolute atomic E-state index is 12.1. The number of ether oxygens (including phenoxy) is 1. The van der Waals surface area contributed by atoms with Gasteiger partial charge in [-0.3, -0.25) is 9.59 Å². The summed E-state index contributed by atoms with van der Waals surface area (Å²) in [6.45, 7) is 7.59. The summed E-state index contributed by atoms with van der Waals surface area (Å²) in [5.74, 6) is 0.230. The number of amides is 1. The largest absolute Gasteiger partial charge is 0.491 e. The van der Waals surface area contributed by atoms with Gasteiger partial charge >= 0.3 is 0 Å². The molecular weight excluding hydrogens is 294 g/mol. The Kier molecular flexibility index (Phi) is 5.16. The summed E-state index contributed by atoms with van der Waals surface area (Å²) >= 11 is 0. The van der Waals surface area contributed by atoms with Gasteiger partial charge in [0.2, 0.25) is 0 Å². The van der Waals surface area contributed by atoms with Crippen LogP contribution in [0.25, 0.3) is 0 Å². The van der Waals surface area contributed by atoms with Gasteiger partial charge in [-0.05, 0) is 39.8 Å². The summed E-state index contributed by atoms with van der Waals surface area (Å²) in [6.07, 6.45) is 0. The highest BCUT2D eigenvalue weighted by Crippen LogP contribution is 2.11. The van der Waals surface area contributed by atoms with Crippen molar-refractivity contribution in [3.8, 4) is 5.75 Å². The summed E-state index contributed by atoms with van der Waals surface area (Å²) in [5.41, 5.74) is 1.81. The third-order valence-corrected chi connectivity index (χ3v) is 3.45. The fourth-order valence-electron chi connectivity index (χ4n) is 1.97. The molecule has 0 fully saturated rings. The van der Waals surface area contributed by atoms with Crippen molar-refractivity contribution in [2.24, 2.45) is 0 Å². The van der Waals surface area contributed by atoms with Gasteiger partial charge in [0.05, 0.1) is 11.7 Å². The van der Waals surface area contributed by atoms with Gasteiger partial charge in [-0.25, -0.2) is 4.98 Å². The van der Waals surface area contributed by atoms with Crippen LogP contribution in [0.2, 0.25) is 0 Å². The molecule has 0 saturated carbocycles. The molecule has 1 unspecified atom stereocenters. The van der Waals surface area contributed by atoms with Crippen LogP contribution in [0.3, 0.4) is 0 Å². The minimum absolute atomic E-state index is 0.129. The highest BCUT2D eigenvalue weighted by Gasteiger charge is 2.16. The van der Waals surface area contributed by atoms with Gasteiger partial charge in [0, 0.05) is 5.69 Å². The minimum Gasteiger partial charge on any atom is -0.491 e. The number of aromatic amines is 1. The zero-order valence-electron chi connectivity index (χ0n) is 13.8. The van der Waals surface area contributed by atoms with Crippen LogP contribution in [0.5, 0.6) is 5.75 Å². The molecule has 2 N–H and O–H groups in total. The van der Waals surface area contributed by atoms with E-state index in [2.05, 4.69) is 15.3 Å². The van der Waals surface area contributed by atoms with E-state index in [-0.39, 0.29) is 11.7 Å². The zero-order chi connectivity index (χ0) is 17.0. The van der Waals surface area contributed by atoms with Crippen LogP contribution in [0.4, 0.5) is 0 Å². The molecule has 0 spiro atoms. The van der Waals surface area contributed by atoms with Gasteiger partial charge in [0.15, 0.2) is 5.69 Å². The van der Waals surface area contributed by atoms with Crippen LogP contribution in [0, 0.1) is 20.8 Å². The molecule has 23 heavy (non-hydrogen) atoms. The molecule has 0 saturated heterocycles. The molecule has 1 heterocycles. The maximum Gasteiger partial charge on any atom is 0.279 e. The zero-order valence-corrected chi connectivity index (χ0v) is 13.8. The van der Waals surface area contributed by atoms with E-state index in [9.17, 15) is 9.59 Å². The standard InChI is InChI=1S/C17H21N3O3/c1-10-5-7-14(8-6-10)23-9-11(2)18-16(21)15-17(22)20-13(4)12(3)19-15/h5-8,11H,9H2,1-4H3,(H,18,21)(H,20,22). The van der Waals surface area contributed by atoms with Gasteiger partial charge in [-0.1, -0.05) is 17.7 Å². The molecule has 0 bridgehead atoms. The van der Waals surface area contributed by atoms with Crippen molar-refractivity contribution in [1.82, 2.24) is 15.3 Å². The van der Waals surface area contributed by atoms with Crippen LogP contribution < -0.4 is 15.6 Å². The van der Waals surface area contributed by atoms with Gasteiger partial charge in [0.1, 0.15) is 12.4 Å². The van der Waals surface area contributed by atoms with E-state index >= 15 is 0 Å². The molecule has 1 amide bonds. The number of aromatic nitrogens is 2. The van der Waals surface area contributed by atoms with Crippen molar-refractivity contribution >= 4 is 5.91 Å². The molecule has 6 heteroatoms. The Bertz CT molecular complexity index is 751. The fourth-order valence-corrected chi connectivity index (χ4v) is 1.97. The first-order valence-corrected chi connectivity index (χ1v) is 7.44. The summed E-state index contributed by atoms with van der Waals surface area (Å²) < 4.78 is 5.61. The predicted octanol–water partition coefficient (Wildman–Crippen LogP) is 1.89. The average molecular weight is 315 g/mol. The number of carbonyl (C=O) groups is 1. The van der Waals surface area contributed by atoms with E-state index in [1.165, 1.54) is 0 Å². The van der Waals surface area contributed by atoms with E-state index < -0.39 is 11.5 Å². The van der Waals surface area contributed by atoms with Crippen LogP contribution in [-0.4, -0.2) is 28.5 Å². The van der Waals surface area contributed by atoms with E-state index in [1.54, 1.807) is 20.8 Å². The molecule has 0 aliphatic carbocycles. The van der Waals surface area contributed by atoms with Crippen molar-refractivity contribution in [3.05, 3.63) is 57.3 Å². The lowest BCUT2D eigenvalue weighted by atomic mass is 10.2. The second kappa shape index (κ2) is 7.09. The Balaban J connectivity index is 1.96. The fraction of sp³-hybridized carbons (Fsp3) is 0.353. The quantitative estimate of drug-likeness (QED) is 0.882. The van der Waals surface area contributed by atoms with Crippen molar-refractivity contribution < 1.29 is 9.53 Å². The lowest BCUT2D eigenvalue weighted by molar-refractivity contribution is 0.0919. The van der Waals surface area contributed by atoms with Gasteiger partial charge in [-0.15, -0.1) is 0 Å². The van der Waals surface area contributed by atoms with E-state index in [0.717, 1.165) is 11.3 Å². The molecule has 2 aromatic rings. The van der Waals surface area contributed by atoms with Crippen LogP contribution >= 0.6 is 0 Å². The van der Waals surface area contributed by atoms with Gasteiger partial charge in [-0.2, -0.15) is 0 Å². The Hall–Kier alpha value is -2.63. The Morgan fingerprint density at radius 3 is 2.57 bits per heavy atom. The monoisotopic (exact) mass is 315 g/mol. The number of nitrogens with zero attached hydrogens (tertiary/aromatic N) is 1. The van der Waals surface area contributed by atoms with Crippen LogP contribution in [0.15, 0.2) is 29.1 Å². The predicted molar refractivity (Wildman–Crippen MR) is 87.9 cm³/mol. The van der Waals surface area contributed by atoms with E-state index in [4.69, 9.17) is 4.74 Å². The molecular formula is C17H21N3O3. The molecule has 6 nitrogen and oxygen atoms in total. The van der Waals surface area contributed by atoms with Crippen LogP contribution in [0.1, 0.15) is 34.4 Å². The summed E-state index contributed by atoms with van der Waals surface area (Å²) in [4.78, 5) is 30.6. The molecule has 0 aliphatic heterocycles. The number of nitrogens with one attached hydrogen (secondary N) is 2. The molecule has 0 aliphatic rings. The van der Waals surface area contributed by atoms with Gasteiger partial charge < -0.3 is 15.0 Å². The number of rotatable bonds is 5. The lowest BCUT2D eigenvalue weighted by Gasteiger charge is -2.15. The van der Waals surface area contributed by atoms with E-state index in [0.29, 0.717) is 18.0 Å². The van der Waals surface area contributed by atoms with Gasteiger partial charge in [0.25, 0.3) is 11.5 Å². The first-order valence-electron chi connectivity index (χ1n) is 7.44. The highest BCUT2D eigenvalue weighted by molar-refractivity contribution is 5.92. The third kappa shape index (κ3) is 4.42. The van der Waals surface area contributed by atoms with Crippen molar-refractivity contribution in [1.29, 1.82) is 0 Å². The smallest absolute Gasteiger partial charge is 0.279 e. The second-order valence-electron chi connectivity index (χ2n) is 5.62. The number of hydrogen-bond acceptors (Lipinski definition) is 4. The lowest BCUT2D eigenvalue weighted by Crippen LogP contribution is -2.40. The maximum atomic E-state index is 12.1.